The number of pyridine rings is 1. The number of nitrogens with zero attached hydrogens (tertiary/aromatic N) is 2. The zero-order valence-electron chi connectivity index (χ0n) is 14.7. The Bertz CT molecular complexity index is 753. The van der Waals surface area contributed by atoms with Gasteiger partial charge >= 0.3 is 0 Å². The molecule has 1 aromatic carbocycles. The van der Waals surface area contributed by atoms with E-state index in [9.17, 15) is 4.79 Å². The summed E-state index contributed by atoms with van der Waals surface area (Å²) in [5, 5.41) is 0. The molecule has 1 amide bonds. The van der Waals surface area contributed by atoms with Crippen LogP contribution in [0.25, 0.3) is 0 Å². The number of benzene rings is 1. The van der Waals surface area contributed by atoms with E-state index in [4.69, 9.17) is 5.73 Å². The molecule has 3 rings (SSSR count). The van der Waals surface area contributed by atoms with Crippen LogP contribution >= 0.6 is 0 Å². The van der Waals surface area contributed by atoms with E-state index in [-0.39, 0.29) is 11.4 Å². The summed E-state index contributed by atoms with van der Waals surface area (Å²) in [7, 11) is 0. The Balaban J connectivity index is 1.64. The average molecular weight is 323 g/mol. The molecule has 24 heavy (non-hydrogen) atoms. The molecule has 1 aromatic heterocycles. The first-order valence-electron chi connectivity index (χ1n) is 8.43. The first-order valence-corrected chi connectivity index (χ1v) is 8.43. The lowest BCUT2D eigenvalue weighted by Gasteiger charge is -2.27. The van der Waals surface area contributed by atoms with Crippen LogP contribution in [-0.4, -0.2) is 27.9 Å². The molecular formula is C20H25N3O. The molecule has 0 saturated heterocycles. The molecule has 0 fully saturated rings. The van der Waals surface area contributed by atoms with Crippen molar-refractivity contribution >= 4 is 5.91 Å². The fourth-order valence-corrected chi connectivity index (χ4v) is 3.28. The molecule has 4 heteroatoms. The van der Waals surface area contributed by atoms with Gasteiger partial charge in [0, 0.05) is 36.6 Å². The van der Waals surface area contributed by atoms with Gasteiger partial charge in [0.05, 0.1) is 0 Å². The maximum Gasteiger partial charge on any atom is 0.254 e. The highest BCUT2D eigenvalue weighted by atomic mass is 16.2. The third-order valence-electron chi connectivity index (χ3n) is 4.88. The van der Waals surface area contributed by atoms with Crippen LogP contribution in [0.5, 0.6) is 0 Å². The highest BCUT2D eigenvalue weighted by molar-refractivity contribution is 5.98. The molecule has 2 N–H and O–H groups in total. The minimum Gasteiger partial charge on any atom is -0.334 e. The van der Waals surface area contributed by atoms with Gasteiger partial charge in [-0.25, -0.2) is 0 Å². The Kier molecular flexibility index (Phi) is 4.41. The highest BCUT2D eigenvalue weighted by Gasteiger charge is 2.29. The van der Waals surface area contributed by atoms with Crippen LogP contribution in [0.2, 0.25) is 0 Å². The molecule has 2 heterocycles. The van der Waals surface area contributed by atoms with E-state index in [0.29, 0.717) is 13.1 Å². The minimum atomic E-state index is -0.357. The topological polar surface area (TPSA) is 59.2 Å². The van der Waals surface area contributed by atoms with E-state index in [1.54, 1.807) is 6.20 Å². The normalized spacial score (nSPS) is 16.2. The zero-order valence-corrected chi connectivity index (χ0v) is 14.7. The maximum absolute atomic E-state index is 12.6. The SMILES string of the molecule is Cc1cc2c(cc1C)C(=O)N(CCC(C)(N)Cc1cccnc1)C2. The Morgan fingerprint density at radius 2 is 2.04 bits per heavy atom. The third kappa shape index (κ3) is 3.49. The van der Waals surface area contributed by atoms with E-state index in [0.717, 1.165) is 29.5 Å². The monoisotopic (exact) mass is 323 g/mol. The van der Waals surface area contributed by atoms with E-state index in [1.165, 1.54) is 11.1 Å². The average Bonchev–Trinajstić information content (AvgIpc) is 2.83. The van der Waals surface area contributed by atoms with E-state index in [1.807, 2.05) is 36.2 Å². The summed E-state index contributed by atoms with van der Waals surface area (Å²) in [6.07, 6.45) is 5.14. The molecule has 0 spiro atoms. The summed E-state index contributed by atoms with van der Waals surface area (Å²) in [6, 6.07) is 8.13. The number of hydrogen-bond acceptors (Lipinski definition) is 3. The molecule has 1 unspecified atom stereocenters. The Morgan fingerprint density at radius 3 is 2.75 bits per heavy atom. The standard InChI is InChI=1S/C20H25N3O/c1-14-9-17-13-23(19(24)18(17)10-15(14)2)8-6-20(3,21)11-16-5-4-7-22-12-16/h4-5,7,9-10,12H,6,8,11,13,21H2,1-3H3. The lowest BCUT2D eigenvalue weighted by Crippen LogP contribution is -2.42. The van der Waals surface area contributed by atoms with E-state index >= 15 is 0 Å². The predicted octanol–water partition coefficient (Wildman–Crippen LogP) is 3.00. The molecule has 126 valence electrons. The van der Waals surface area contributed by atoms with Crippen molar-refractivity contribution in [2.75, 3.05) is 6.54 Å². The van der Waals surface area contributed by atoms with Crippen LogP contribution < -0.4 is 5.73 Å². The second-order valence-electron chi connectivity index (χ2n) is 7.26. The summed E-state index contributed by atoms with van der Waals surface area (Å²) in [4.78, 5) is 18.7. The van der Waals surface area contributed by atoms with Crippen LogP contribution in [0, 0.1) is 13.8 Å². The second-order valence-corrected chi connectivity index (χ2v) is 7.26. The summed E-state index contributed by atoms with van der Waals surface area (Å²) in [6.45, 7) is 7.56. The largest absolute Gasteiger partial charge is 0.334 e. The van der Waals surface area contributed by atoms with Crippen molar-refractivity contribution in [1.82, 2.24) is 9.88 Å². The lowest BCUT2D eigenvalue weighted by atomic mass is 9.91. The molecule has 1 aliphatic heterocycles. The van der Waals surface area contributed by atoms with Gasteiger partial charge in [-0.05, 0) is 68.0 Å². The number of aromatic nitrogens is 1. The number of aryl methyl sites for hydroxylation is 2. The van der Waals surface area contributed by atoms with Crippen LogP contribution in [-0.2, 0) is 13.0 Å². The summed E-state index contributed by atoms with van der Waals surface area (Å²) in [5.74, 6) is 0.130. The number of hydrogen-bond donors (Lipinski definition) is 1. The van der Waals surface area contributed by atoms with Gasteiger partial charge in [0.1, 0.15) is 0 Å². The van der Waals surface area contributed by atoms with Crippen LogP contribution in [0.3, 0.4) is 0 Å². The molecule has 0 aliphatic carbocycles. The molecule has 1 aliphatic rings. The van der Waals surface area contributed by atoms with Crippen molar-refractivity contribution in [3.63, 3.8) is 0 Å². The molecule has 2 aromatic rings. The summed E-state index contributed by atoms with van der Waals surface area (Å²) in [5.41, 5.74) is 11.6. The number of fused-ring (bicyclic) bond motifs is 1. The van der Waals surface area contributed by atoms with Gasteiger partial charge in [-0.3, -0.25) is 9.78 Å². The summed E-state index contributed by atoms with van der Waals surface area (Å²) >= 11 is 0. The van der Waals surface area contributed by atoms with Gasteiger partial charge in [-0.1, -0.05) is 12.1 Å². The Morgan fingerprint density at radius 1 is 1.29 bits per heavy atom. The fourth-order valence-electron chi connectivity index (χ4n) is 3.28. The minimum absolute atomic E-state index is 0.130. The number of carbonyl (C=O) groups excluding carboxylic acids is 1. The zero-order chi connectivity index (χ0) is 17.3. The van der Waals surface area contributed by atoms with Crippen LogP contribution in [0.15, 0.2) is 36.7 Å². The first-order chi connectivity index (χ1) is 11.4. The predicted molar refractivity (Wildman–Crippen MR) is 95.8 cm³/mol. The first kappa shape index (κ1) is 16.7. The smallest absolute Gasteiger partial charge is 0.254 e. The number of carbonyl (C=O) groups is 1. The van der Waals surface area contributed by atoms with Crippen molar-refractivity contribution in [3.05, 3.63) is 64.5 Å². The van der Waals surface area contributed by atoms with Gasteiger partial charge in [-0.2, -0.15) is 0 Å². The van der Waals surface area contributed by atoms with Gasteiger partial charge in [0.15, 0.2) is 0 Å². The molecule has 0 saturated carbocycles. The van der Waals surface area contributed by atoms with Gasteiger partial charge < -0.3 is 10.6 Å². The lowest BCUT2D eigenvalue weighted by molar-refractivity contribution is 0.0767. The maximum atomic E-state index is 12.6. The number of nitrogens with two attached hydrogens (primary N) is 1. The Hall–Kier alpha value is -2.20. The van der Waals surface area contributed by atoms with Crippen molar-refractivity contribution in [1.29, 1.82) is 0 Å². The summed E-state index contributed by atoms with van der Waals surface area (Å²) < 4.78 is 0. The number of rotatable bonds is 5. The van der Waals surface area contributed by atoms with Gasteiger partial charge in [0.25, 0.3) is 5.91 Å². The van der Waals surface area contributed by atoms with Crippen molar-refractivity contribution < 1.29 is 4.79 Å². The fraction of sp³-hybridized carbons (Fsp3) is 0.400. The molecule has 0 radical (unpaired) electrons. The van der Waals surface area contributed by atoms with Gasteiger partial charge in [0.2, 0.25) is 0 Å². The van der Waals surface area contributed by atoms with Crippen LogP contribution in [0.4, 0.5) is 0 Å². The molecule has 1 atom stereocenters. The molecule has 4 nitrogen and oxygen atoms in total. The van der Waals surface area contributed by atoms with Crippen molar-refractivity contribution in [2.45, 2.75) is 45.7 Å². The second kappa shape index (κ2) is 6.36. The highest BCUT2D eigenvalue weighted by Crippen LogP contribution is 2.27. The van der Waals surface area contributed by atoms with Crippen molar-refractivity contribution in [3.8, 4) is 0 Å². The third-order valence-corrected chi connectivity index (χ3v) is 4.88. The van der Waals surface area contributed by atoms with E-state index < -0.39 is 0 Å². The number of amides is 1. The molecule has 0 bridgehead atoms. The van der Waals surface area contributed by atoms with E-state index in [2.05, 4.69) is 24.9 Å². The van der Waals surface area contributed by atoms with Gasteiger partial charge in [-0.15, -0.1) is 0 Å². The Labute approximate surface area is 143 Å². The van der Waals surface area contributed by atoms with Crippen LogP contribution in [0.1, 0.15) is 46.0 Å². The molecular weight excluding hydrogens is 298 g/mol. The van der Waals surface area contributed by atoms with Crippen molar-refractivity contribution in [2.24, 2.45) is 5.73 Å². The quantitative estimate of drug-likeness (QED) is 0.920.